The molecule has 18 heavy (non-hydrogen) atoms. The highest BCUT2D eigenvalue weighted by atomic mass is 16.5. The predicted octanol–water partition coefficient (Wildman–Crippen LogP) is 1.66. The van der Waals surface area contributed by atoms with Crippen LogP contribution in [0, 0.1) is 19.8 Å². The van der Waals surface area contributed by atoms with Crippen LogP contribution < -0.4 is 15.4 Å². The zero-order chi connectivity index (χ0) is 13.0. The van der Waals surface area contributed by atoms with Crippen molar-refractivity contribution in [1.29, 1.82) is 0 Å². The Labute approximate surface area is 110 Å². The molecule has 1 saturated heterocycles. The first-order valence-corrected chi connectivity index (χ1v) is 6.76. The fourth-order valence-corrected chi connectivity index (χ4v) is 2.26. The third kappa shape index (κ3) is 3.24. The van der Waals surface area contributed by atoms with Crippen LogP contribution in [-0.2, 0) is 6.42 Å². The summed E-state index contributed by atoms with van der Waals surface area (Å²) in [7, 11) is 1.75. The van der Waals surface area contributed by atoms with Crippen LogP contribution in [0.2, 0.25) is 0 Å². The van der Waals surface area contributed by atoms with Crippen molar-refractivity contribution in [2.45, 2.75) is 20.3 Å². The zero-order valence-electron chi connectivity index (χ0n) is 11.7. The smallest absolute Gasteiger partial charge is 0.122 e. The number of hydrogen-bond donors (Lipinski definition) is 2. The highest BCUT2D eigenvalue weighted by Crippen LogP contribution is 2.23. The molecule has 100 valence electrons. The molecular formula is C15H24N2O. The minimum absolute atomic E-state index is 0.826. The summed E-state index contributed by atoms with van der Waals surface area (Å²) in [6.07, 6.45) is 1.03. The standard InChI is InChI=1S/C15H24N2O/c1-11-6-14(15(18-3)7-12(11)2)4-5-16-8-13-9-17-10-13/h6-7,13,16-17H,4-5,8-10H2,1-3H3. The van der Waals surface area contributed by atoms with E-state index in [4.69, 9.17) is 4.74 Å². The molecule has 1 aliphatic rings. The zero-order valence-corrected chi connectivity index (χ0v) is 11.7. The topological polar surface area (TPSA) is 33.3 Å². The van der Waals surface area contributed by atoms with E-state index in [1.165, 1.54) is 29.8 Å². The van der Waals surface area contributed by atoms with Crippen molar-refractivity contribution in [2.24, 2.45) is 5.92 Å². The van der Waals surface area contributed by atoms with Gasteiger partial charge in [-0.25, -0.2) is 0 Å². The first-order valence-electron chi connectivity index (χ1n) is 6.76. The third-order valence-electron chi connectivity index (χ3n) is 3.77. The van der Waals surface area contributed by atoms with E-state index in [9.17, 15) is 0 Å². The molecule has 2 rings (SSSR count). The van der Waals surface area contributed by atoms with Crippen molar-refractivity contribution < 1.29 is 4.74 Å². The number of nitrogens with one attached hydrogen (secondary N) is 2. The van der Waals surface area contributed by atoms with Gasteiger partial charge in [-0.3, -0.25) is 0 Å². The number of benzene rings is 1. The summed E-state index contributed by atoms with van der Waals surface area (Å²) in [6, 6.07) is 4.39. The molecule has 1 fully saturated rings. The summed E-state index contributed by atoms with van der Waals surface area (Å²) in [5.41, 5.74) is 3.94. The lowest BCUT2D eigenvalue weighted by Gasteiger charge is -2.27. The molecule has 3 nitrogen and oxygen atoms in total. The van der Waals surface area contributed by atoms with Crippen LogP contribution in [0.25, 0.3) is 0 Å². The van der Waals surface area contributed by atoms with Crippen molar-refractivity contribution in [3.8, 4) is 5.75 Å². The first kappa shape index (κ1) is 13.4. The maximum Gasteiger partial charge on any atom is 0.122 e. The van der Waals surface area contributed by atoms with Gasteiger partial charge in [0, 0.05) is 19.6 Å². The van der Waals surface area contributed by atoms with E-state index in [1.54, 1.807) is 7.11 Å². The van der Waals surface area contributed by atoms with E-state index >= 15 is 0 Å². The number of ether oxygens (including phenoxy) is 1. The quantitative estimate of drug-likeness (QED) is 0.751. The van der Waals surface area contributed by atoms with Gasteiger partial charge in [-0.15, -0.1) is 0 Å². The molecule has 1 heterocycles. The lowest BCUT2D eigenvalue weighted by Crippen LogP contribution is -2.47. The van der Waals surface area contributed by atoms with E-state index in [2.05, 4.69) is 36.6 Å². The average molecular weight is 248 g/mol. The molecule has 0 atom stereocenters. The van der Waals surface area contributed by atoms with Gasteiger partial charge in [0.25, 0.3) is 0 Å². The van der Waals surface area contributed by atoms with Gasteiger partial charge in [0.1, 0.15) is 5.75 Å². The molecule has 0 aromatic heterocycles. The summed E-state index contributed by atoms with van der Waals surface area (Å²) in [4.78, 5) is 0. The second kappa shape index (κ2) is 6.21. The molecule has 1 aromatic rings. The van der Waals surface area contributed by atoms with E-state index < -0.39 is 0 Å². The lowest BCUT2D eigenvalue weighted by atomic mass is 10.0. The van der Waals surface area contributed by atoms with Crippen LogP contribution in [0.15, 0.2) is 12.1 Å². The van der Waals surface area contributed by atoms with Crippen LogP contribution in [0.1, 0.15) is 16.7 Å². The molecule has 1 aromatic carbocycles. The summed E-state index contributed by atoms with van der Waals surface area (Å²) >= 11 is 0. The highest BCUT2D eigenvalue weighted by molar-refractivity contribution is 5.41. The Morgan fingerprint density at radius 3 is 2.61 bits per heavy atom. The van der Waals surface area contributed by atoms with Gasteiger partial charge in [0.2, 0.25) is 0 Å². The Hall–Kier alpha value is -1.06. The largest absolute Gasteiger partial charge is 0.496 e. The number of aryl methyl sites for hydroxylation is 2. The molecule has 0 bridgehead atoms. The van der Waals surface area contributed by atoms with Crippen LogP contribution in [0.4, 0.5) is 0 Å². The van der Waals surface area contributed by atoms with Crippen LogP contribution in [-0.4, -0.2) is 33.3 Å². The molecule has 0 amide bonds. The van der Waals surface area contributed by atoms with Crippen molar-refractivity contribution >= 4 is 0 Å². The summed E-state index contributed by atoms with van der Waals surface area (Å²) in [5.74, 6) is 1.84. The van der Waals surface area contributed by atoms with Gasteiger partial charge in [0.05, 0.1) is 7.11 Å². The van der Waals surface area contributed by atoms with E-state index in [-0.39, 0.29) is 0 Å². The molecule has 1 aliphatic heterocycles. The maximum atomic E-state index is 5.45. The minimum atomic E-state index is 0.826. The molecule has 0 spiro atoms. The monoisotopic (exact) mass is 248 g/mol. The molecule has 0 unspecified atom stereocenters. The third-order valence-corrected chi connectivity index (χ3v) is 3.77. The SMILES string of the molecule is COc1cc(C)c(C)cc1CCNCC1CNC1. The second-order valence-electron chi connectivity index (χ2n) is 5.23. The minimum Gasteiger partial charge on any atom is -0.496 e. The molecule has 0 aliphatic carbocycles. The van der Waals surface area contributed by atoms with Gasteiger partial charge >= 0.3 is 0 Å². The number of methoxy groups -OCH3 is 1. The second-order valence-corrected chi connectivity index (χ2v) is 5.23. The van der Waals surface area contributed by atoms with Crippen molar-refractivity contribution in [3.05, 3.63) is 28.8 Å². The van der Waals surface area contributed by atoms with Crippen molar-refractivity contribution in [1.82, 2.24) is 10.6 Å². The van der Waals surface area contributed by atoms with Gasteiger partial charge in [0.15, 0.2) is 0 Å². The fourth-order valence-electron chi connectivity index (χ4n) is 2.26. The Morgan fingerprint density at radius 2 is 2.00 bits per heavy atom. The van der Waals surface area contributed by atoms with Crippen LogP contribution >= 0.6 is 0 Å². The molecule has 0 radical (unpaired) electrons. The molecular weight excluding hydrogens is 224 g/mol. The van der Waals surface area contributed by atoms with Gasteiger partial charge in [-0.1, -0.05) is 6.07 Å². The Morgan fingerprint density at radius 1 is 1.28 bits per heavy atom. The van der Waals surface area contributed by atoms with Gasteiger partial charge < -0.3 is 15.4 Å². The van der Waals surface area contributed by atoms with Crippen molar-refractivity contribution in [3.63, 3.8) is 0 Å². The normalized spacial score (nSPS) is 15.5. The summed E-state index contributed by atoms with van der Waals surface area (Å²) in [6.45, 7) is 8.77. The van der Waals surface area contributed by atoms with Gasteiger partial charge in [-0.2, -0.15) is 0 Å². The fraction of sp³-hybridized carbons (Fsp3) is 0.600. The summed E-state index contributed by atoms with van der Waals surface area (Å²) < 4.78 is 5.45. The average Bonchev–Trinajstić information content (AvgIpc) is 2.30. The van der Waals surface area contributed by atoms with Crippen LogP contribution in [0.5, 0.6) is 5.75 Å². The van der Waals surface area contributed by atoms with E-state index in [1.807, 2.05) is 0 Å². The lowest BCUT2D eigenvalue weighted by molar-refractivity contribution is 0.332. The highest BCUT2D eigenvalue weighted by Gasteiger charge is 2.15. The molecule has 0 saturated carbocycles. The van der Waals surface area contributed by atoms with E-state index in [0.717, 1.165) is 31.2 Å². The van der Waals surface area contributed by atoms with Gasteiger partial charge in [-0.05, 0) is 55.5 Å². The van der Waals surface area contributed by atoms with Crippen LogP contribution in [0.3, 0.4) is 0 Å². The molecule has 3 heteroatoms. The number of hydrogen-bond acceptors (Lipinski definition) is 3. The Balaban J connectivity index is 1.85. The predicted molar refractivity (Wildman–Crippen MR) is 75.4 cm³/mol. The van der Waals surface area contributed by atoms with Crippen molar-refractivity contribution in [2.75, 3.05) is 33.3 Å². The van der Waals surface area contributed by atoms with E-state index in [0.29, 0.717) is 0 Å². The summed E-state index contributed by atoms with van der Waals surface area (Å²) in [5, 5.41) is 6.82. The number of rotatable bonds is 6. The Kier molecular flexibility index (Phi) is 4.61. The maximum absolute atomic E-state index is 5.45. The first-order chi connectivity index (χ1) is 8.70. The Bertz CT molecular complexity index is 400. The molecule has 2 N–H and O–H groups in total.